The van der Waals surface area contributed by atoms with Crippen molar-refractivity contribution < 1.29 is 53.7 Å². The van der Waals surface area contributed by atoms with Crippen molar-refractivity contribution >= 4 is 17.7 Å². The van der Waals surface area contributed by atoms with Crippen LogP contribution in [0.25, 0.3) is 5.76 Å². The molecule has 1 aliphatic heterocycles. The number of aromatic nitrogens is 2. The summed E-state index contributed by atoms with van der Waals surface area (Å²) in [5.41, 5.74) is 0.315. The van der Waals surface area contributed by atoms with Gasteiger partial charge < -0.3 is 14.6 Å². The third-order valence-electron chi connectivity index (χ3n) is 2.69. The molecule has 7 nitrogen and oxygen atoms in total. The quantitative estimate of drug-likeness (QED) is 0.407. The van der Waals surface area contributed by atoms with E-state index < -0.39 is 17.7 Å². The van der Waals surface area contributed by atoms with E-state index in [-0.39, 0.29) is 52.9 Å². The maximum absolute atomic E-state index is 12.0. The molecule has 0 aromatic carbocycles. The molecule has 1 aromatic heterocycles. The number of hydrogen-bond acceptors (Lipinski definition) is 6. The van der Waals surface area contributed by atoms with E-state index in [0.29, 0.717) is 6.54 Å². The molecule has 96 valence electrons. The Morgan fingerprint density at radius 1 is 1.32 bits per heavy atom. The van der Waals surface area contributed by atoms with Gasteiger partial charge in [0.25, 0.3) is 0 Å². The van der Waals surface area contributed by atoms with Crippen LogP contribution in [0.2, 0.25) is 0 Å². The topological polar surface area (TPSA) is 93.5 Å². The van der Waals surface area contributed by atoms with Crippen LogP contribution in [0.3, 0.4) is 0 Å². The standard InChI is InChI=1S/C11H12N2O5.Na/c1-17-10(15)6-3-4-13-8(9(6)14)5-7(12-13)11(16)18-2;/h5,14H,3-4H2,1-2H3;/q;+1/p-1. The number of nitrogens with zero attached hydrogens (tertiary/aromatic N) is 2. The van der Waals surface area contributed by atoms with E-state index in [4.69, 9.17) is 0 Å². The molecule has 1 aliphatic rings. The number of fused-ring (bicyclic) bond motifs is 1. The normalized spacial score (nSPS) is 13.4. The van der Waals surface area contributed by atoms with Crippen molar-refractivity contribution in [2.75, 3.05) is 14.2 Å². The fraction of sp³-hybridized carbons (Fsp3) is 0.364. The smallest absolute Gasteiger partial charge is 0.871 e. The molecule has 0 saturated heterocycles. The van der Waals surface area contributed by atoms with E-state index in [1.54, 1.807) is 0 Å². The Balaban J connectivity index is 0.00000180. The molecule has 1 aromatic rings. The summed E-state index contributed by atoms with van der Waals surface area (Å²) in [6.45, 7) is 0.350. The Morgan fingerprint density at radius 2 is 1.95 bits per heavy atom. The van der Waals surface area contributed by atoms with E-state index in [1.165, 1.54) is 25.0 Å². The van der Waals surface area contributed by atoms with Crippen LogP contribution in [-0.4, -0.2) is 35.9 Å². The molecule has 0 amide bonds. The van der Waals surface area contributed by atoms with Crippen molar-refractivity contribution in [3.63, 3.8) is 0 Å². The molecule has 0 spiro atoms. The van der Waals surface area contributed by atoms with Crippen molar-refractivity contribution in [1.82, 2.24) is 9.78 Å². The molecule has 8 heteroatoms. The van der Waals surface area contributed by atoms with Gasteiger partial charge in [-0.3, -0.25) is 4.68 Å². The first kappa shape index (κ1) is 15.7. The van der Waals surface area contributed by atoms with Crippen molar-refractivity contribution in [3.05, 3.63) is 23.0 Å². The van der Waals surface area contributed by atoms with Gasteiger partial charge in [-0.2, -0.15) is 5.10 Å². The van der Waals surface area contributed by atoms with Crippen molar-refractivity contribution in [1.29, 1.82) is 0 Å². The van der Waals surface area contributed by atoms with Gasteiger partial charge in [0.15, 0.2) is 5.69 Å². The Hall–Kier alpha value is -1.31. The van der Waals surface area contributed by atoms with Crippen LogP contribution in [0.5, 0.6) is 0 Å². The summed E-state index contributed by atoms with van der Waals surface area (Å²) in [5, 5.41) is 15.9. The number of hydrogen-bond donors (Lipinski definition) is 0. The predicted octanol–water partition coefficient (Wildman–Crippen LogP) is -3.68. The minimum absolute atomic E-state index is 0. The molecule has 0 bridgehead atoms. The minimum atomic E-state index is -0.646. The fourth-order valence-electron chi connectivity index (χ4n) is 1.78. The summed E-state index contributed by atoms with van der Waals surface area (Å²) in [5.74, 6) is -1.73. The molecule has 2 heterocycles. The molecule has 0 N–H and O–H groups in total. The molecule has 19 heavy (non-hydrogen) atoms. The first-order valence-corrected chi connectivity index (χ1v) is 5.23. The number of carbonyl (C=O) groups excluding carboxylic acids is 2. The number of esters is 2. The molecule has 0 atom stereocenters. The number of aryl methyl sites for hydroxylation is 1. The van der Waals surface area contributed by atoms with Gasteiger partial charge in [0.1, 0.15) is 0 Å². The zero-order chi connectivity index (χ0) is 13.3. The van der Waals surface area contributed by atoms with Gasteiger partial charge in [-0.15, -0.1) is 0 Å². The van der Waals surface area contributed by atoms with Crippen LogP contribution in [-0.2, 0) is 20.8 Å². The molecule has 2 rings (SSSR count). The zero-order valence-electron chi connectivity index (χ0n) is 10.9. The second-order valence-electron chi connectivity index (χ2n) is 3.68. The van der Waals surface area contributed by atoms with Gasteiger partial charge >= 0.3 is 41.5 Å². The first-order chi connectivity index (χ1) is 8.58. The van der Waals surface area contributed by atoms with Gasteiger partial charge in [0.2, 0.25) is 0 Å². The molecular formula is C11H11N2NaO5. The Bertz CT molecular complexity index is 549. The summed E-state index contributed by atoms with van der Waals surface area (Å²) in [6.07, 6.45) is 0.237. The van der Waals surface area contributed by atoms with Gasteiger partial charge in [0, 0.05) is 12.1 Å². The Labute approximate surface area is 131 Å². The average Bonchev–Trinajstić information content (AvgIpc) is 2.82. The van der Waals surface area contributed by atoms with E-state index in [9.17, 15) is 14.7 Å². The average molecular weight is 274 g/mol. The summed E-state index contributed by atoms with van der Waals surface area (Å²) in [6, 6.07) is 1.32. The minimum Gasteiger partial charge on any atom is -0.871 e. The maximum Gasteiger partial charge on any atom is 1.00 e. The molecule has 0 aliphatic carbocycles. The molecule has 0 fully saturated rings. The van der Waals surface area contributed by atoms with Crippen LogP contribution >= 0.6 is 0 Å². The third kappa shape index (κ3) is 2.83. The van der Waals surface area contributed by atoms with Gasteiger partial charge in [-0.1, -0.05) is 5.76 Å². The molecule has 0 unspecified atom stereocenters. The van der Waals surface area contributed by atoms with Crippen LogP contribution in [0, 0.1) is 0 Å². The SMILES string of the molecule is COC(=O)C1=C([O-])c2cc(C(=O)OC)nn2CC1.[Na+]. The van der Waals surface area contributed by atoms with Crippen molar-refractivity contribution in [2.24, 2.45) is 0 Å². The van der Waals surface area contributed by atoms with Crippen LogP contribution in [0.4, 0.5) is 0 Å². The summed E-state index contributed by atoms with van der Waals surface area (Å²) < 4.78 is 10.4. The van der Waals surface area contributed by atoms with Crippen molar-refractivity contribution in [3.8, 4) is 0 Å². The second kappa shape index (κ2) is 6.23. The second-order valence-corrected chi connectivity index (χ2v) is 3.68. The summed E-state index contributed by atoms with van der Waals surface area (Å²) in [4.78, 5) is 22.7. The zero-order valence-corrected chi connectivity index (χ0v) is 12.9. The van der Waals surface area contributed by atoms with Crippen LogP contribution in [0.1, 0.15) is 22.6 Å². The predicted molar refractivity (Wildman–Crippen MR) is 57.1 cm³/mol. The molecule has 0 radical (unpaired) electrons. The van der Waals surface area contributed by atoms with E-state index in [1.807, 2.05) is 0 Å². The fourth-order valence-corrected chi connectivity index (χ4v) is 1.78. The largest absolute Gasteiger partial charge is 1.00 e. The summed E-state index contributed by atoms with van der Waals surface area (Å²) >= 11 is 0. The number of carbonyl (C=O) groups is 2. The molecular weight excluding hydrogens is 263 g/mol. The monoisotopic (exact) mass is 274 g/mol. The first-order valence-electron chi connectivity index (χ1n) is 5.23. The van der Waals surface area contributed by atoms with Gasteiger partial charge in [0.05, 0.1) is 19.9 Å². The Kier molecular flexibility index (Phi) is 5.16. The van der Waals surface area contributed by atoms with Crippen LogP contribution in [0.15, 0.2) is 11.6 Å². The third-order valence-corrected chi connectivity index (χ3v) is 2.69. The van der Waals surface area contributed by atoms with E-state index in [0.717, 1.165) is 0 Å². The van der Waals surface area contributed by atoms with Gasteiger partial charge in [-0.25, -0.2) is 9.59 Å². The Morgan fingerprint density at radius 3 is 2.53 bits per heavy atom. The number of methoxy groups -OCH3 is 2. The van der Waals surface area contributed by atoms with Crippen LogP contribution < -0.4 is 34.7 Å². The maximum atomic E-state index is 12.0. The number of rotatable bonds is 2. The van der Waals surface area contributed by atoms with Crippen molar-refractivity contribution in [2.45, 2.75) is 13.0 Å². The van der Waals surface area contributed by atoms with E-state index in [2.05, 4.69) is 14.6 Å². The summed E-state index contributed by atoms with van der Waals surface area (Å²) in [7, 11) is 2.45. The molecule has 0 saturated carbocycles. The number of ether oxygens (including phenoxy) is 2. The van der Waals surface area contributed by atoms with Gasteiger partial charge in [-0.05, 0) is 12.5 Å². The van der Waals surface area contributed by atoms with E-state index >= 15 is 0 Å².